The van der Waals surface area contributed by atoms with E-state index in [1.54, 1.807) is 0 Å². The highest BCUT2D eigenvalue weighted by Crippen LogP contribution is 2.55. The quantitative estimate of drug-likeness (QED) is 0.282. The Morgan fingerprint density at radius 2 is 1.00 bits per heavy atom. The van der Waals surface area contributed by atoms with Crippen molar-refractivity contribution in [3.8, 4) is 0 Å². The number of benzene rings is 3. The van der Waals surface area contributed by atoms with Gasteiger partial charge < -0.3 is 24.0 Å². The second kappa shape index (κ2) is 10.6. The second-order valence-electron chi connectivity index (χ2n) is 6.21. The van der Waals surface area contributed by atoms with Crippen LogP contribution < -0.4 is 39.9 Å². The molecule has 0 aliphatic heterocycles. The molecule has 0 N–H and O–H groups in total. The van der Waals surface area contributed by atoms with Gasteiger partial charge in [-0.15, -0.1) is 0 Å². The van der Waals surface area contributed by atoms with Gasteiger partial charge in [-0.3, -0.25) is 0 Å². The van der Waals surface area contributed by atoms with Gasteiger partial charge in [0.2, 0.25) is 0 Å². The number of halogens is 1. The minimum Gasteiger partial charge on any atom is -1.00 e. The Hall–Kier alpha value is -1.44. The Kier molecular flexibility index (Phi) is 8.54. The van der Waals surface area contributed by atoms with Gasteiger partial charge in [-0.1, -0.05) is 73.7 Å². The van der Waals surface area contributed by atoms with Gasteiger partial charge in [0.05, 0.1) is 6.16 Å². The highest BCUT2D eigenvalue weighted by molar-refractivity contribution is 7.95. The molecule has 0 radical (unpaired) electrons. The van der Waals surface area contributed by atoms with Gasteiger partial charge in [0.15, 0.2) is 0 Å². The van der Waals surface area contributed by atoms with E-state index in [1.165, 1.54) is 22.1 Å². The molecule has 0 saturated heterocycles. The SMILES string of the molecule is CC/C=C/CC[P+](c1ccccc1)(c1ccccc1)c1ccccc1.[I-]. The third-order valence-electron chi connectivity index (χ3n) is 4.62. The summed E-state index contributed by atoms with van der Waals surface area (Å²) < 4.78 is 0. The molecule has 0 heterocycles. The van der Waals surface area contributed by atoms with Crippen LogP contribution in [-0.2, 0) is 0 Å². The van der Waals surface area contributed by atoms with E-state index in [9.17, 15) is 0 Å². The summed E-state index contributed by atoms with van der Waals surface area (Å²) in [5, 5.41) is 4.41. The molecule has 0 aromatic heterocycles. The van der Waals surface area contributed by atoms with E-state index < -0.39 is 7.26 Å². The number of hydrogen-bond acceptors (Lipinski definition) is 0. The fourth-order valence-corrected chi connectivity index (χ4v) is 7.68. The summed E-state index contributed by atoms with van der Waals surface area (Å²) in [6.45, 7) is 2.20. The average Bonchev–Trinajstić information content (AvgIpc) is 2.70. The zero-order chi connectivity index (χ0) is 17.4. The van der Waals surface area contributed by atoms with Crippen molar-refractivity contribution in [3.63, 3.8) is 0 Å². The van der Waals surface area contributed by atoms with E-state index in [0.29, 0.717) is 0 Å². The predicted molar refractivity (Wildman–Crippen MR) is 114 cm³/mol. The molecule has 0 spiro atoms. The smallest absolute Gasteiger partial charge is 0.112 e. The van der Waals surface area contributed by atoms with Crippen molar-refractivity contribution in [2.24, 2.45) is 0 Å². The van der Waals surface area contributed by atoms with E-state index in [1.807, 2.05) is 0 Å². The predicted octanol–water partition coefficient (Wildman–Crippen LogP) is 2.34. The van der Waals surface area contributed by atoms with E-state index in [0.717, 1.165) is 12.8 Å². The summed E-state index contributed by atoms with van der Waals surface area (Å²) in [5.74, 6) is 0. The summed E-state index contributed by atoms with van der Waals surface area (Å²) in [6, 6.07) is 33.3. The molecule has 134 valence electrons. The van der Waals surface area contributed by atoms with Gasteiger partial charge >= 0.3 is 0 Å². The van der Waals surface area contributed by atoms with E-state index >= 15 is 0 Å². The minimum atomic E-state index is -1.64. The molecule has 0 atom stereocenters. The molecular weight excluding hydrogens is 446 g/mol. The Morgan fingerprint density at radius 3 is 1.35 bits per heavy atom. The molecule has 3 rings (SSSR count). The maximum absolute atomic E-state index is 2.35. The van der Waals surface area contributed by atoms with Gasteiger partial charge in [0.1, 0.15) is 23.2 Å². The molecule has 26 heavy (non-hydrogen) atoms. The first-order chi connectivity index (χ1) is 12.4. The molecule has 0 bridgehead atoms. The van der Waals surface area contributed by atoms with Gasteiger partial charge in [-0.25, -0.2) is 0 Å². The van der Waals surface area contributed by atoms with Gasteiger partial charge in [-0.05, 0) is 42.8 Å². The molecular formula is C24H26IP. The lowest BCUT2D eigenvalue weighted by atomic mass is 10.3. The first-order valence-corrected chi connectivity index (χ1v) is 11.1. The molecule has 0 fully saturated rings. The number of rotatable bonds is 7. The van der Waals surface area contributed by atoms with E-state index in [2.05, 4.69) is 110 Å². The van der Waals surface area contributed by atoms with Gasteiger partial charge in [0, 0.05) is 6.42 Å². The maximum Gasteiger partial charge on any atom is 0.112 e. The standard InChI is InChI=1S/C24H26P.HI/c1-2-3-4-14-21-25(22-15-8-5-9-16-22,23-17-10-6-11-18-23)24-19-12-7-13-20-24;/h3-13,15-20H,2,14,21H2,1H3;1H/q+1;/p-1/b4-3+;. The first kappa shape index (κ1) is 20.9. The fraction of sp³-hybridized carbons (Fsp3) is 0.167. The van der Waals surface area contributed by atoms with Gasteiger partial charge in [0.25, 0.3) is 0 Å². The largest absolute Gasteiger partial charge is 1.00 e. The monoisotopic (exact) mass is 472 g/mol. The van der Waals surface area contributed by atoms with Crippen molar-refractivity contribution in [3.05, 3.63) is 103 Å². The zero-order valence-electron chi connectivity index (χ0n) is 15.3. The summed E-state index contributed by atoms with van der Waals surface area (Å²) in [4.78, 5) is 0. The normalized spacial score (nSPS) is 11.3. The molecule has 0 aliphatic carbocycles. The van der Waals surface area contributed by atoms with Crippen molar-refractivity contribution < 1.29 is 24.0 Å². The Bertz CT molecular complexity index is 686. The lowest BCUT2D eigenvalue weighted by molar-refractivity contribution is -0.00000492. The highest BCUT2D eigenvalue weighted by atomic mass is 127. The maximum atomic E-state index is 2.35. The molecule has 0 saturated carbocycles. The number of allylic oxidation sites excluding steroid dienone is 2. The Balaban J connectivity index is 0.00000243. The van der Waals surface area contributed by atoms with E-state index in [4.69, 9.17) is 0 Å². The van der Waals surface area contributed by atoms with Crippen LogP contribution in [0.25, 0.3) is 0 Å². The first-order valence-electron chi connectivity index (χ1n) is 9.08. The van der Waals surface area contributed by atoms with Crippen LogP contribution in [0.3, 0.4) is 0 Å². The summed E-state index contributed by atoms with van der Waals surface area (Å²) in [7, 11) is -1.64. The second-order valence-corrected chi connectivity index (χ2v) is 9.82. The van der Waals surface area contributed by atoms with Crippen LogP contribution in [0.1, 0.15) is 19.8 Å². The molecule has 0 unspecified atom stereocenters. The molecule has 0 aliphatic rings. The lowest BCUT2D eigenvalue weighted by Gasteiger charge is -2.27. The summed E-state index contributed by atoms with van der Waals surface area (Å²) >= 11 is 0. The van der Waals surface area contributed by atoms with Gasteiger partial charge in [-0.2, -0.15) is 0 Å². The summed E-state index contributed by atoms with van der Waals surface area (Å²) in [6.07, 6.45) is 8.02. The van der Waals surface area contributed by atoms with Crippen LogP contribution in [-0.4, -0.2) is 6.16 Å². The van der Waals surface area contributed by atoms with Crippen molar-refractivity contribution in [1.82, 2.24) is 0 Å². The van der Waals surface area contributed by atoms with E-state index in [-0.39, 0.29) is 24.0 Å². The van der Waals surface area contributed by atoms with Crippen LogP contribution in [0.15, 0.2) is 103 Å². The zero-order valence-corrected chi connectivity index (χ0v) is 18.3. The molecule has 0 amide bonds. The Morgan fingerprint density at radius 1 is 0.615 bits per heavy atom. The average molecular weight is 472 g/mol. The van der Waals surface area contributed by atoms with Crippen LogP contribution in [0.2, 0.25) is 0 Å². The summed E-state index contributed by atoms with van der Waals surface area (Å²) in [5.41, 5.74) is 0. The molecule has 0 nitrogen and oxygen atoms in total. The lowest BCUT2D eigenvalue weighted by Crippen LogP contribution is -3.00. The molecule has 3 aromatic rings. The minimum absolute atomic E-state index is 0. The van der Waals surface area contributed by atoms with Crippen molar-refractivity contribution in [1.29, 1.82) is 0 Å². The van der Waals surface area contributed by atoms with Crippen molar-refractivity contribution >= 4 is 23.2 Å². The van der Waals surface area contributed by atoms with Crippen LogP contribution in [0, 0.1) is 0 Å². The Labute approximate surface area is 175 Å². The van der Waals surface area contributed by atoms with Crippen LogP contribution in [0.4, 0.5) is 0 Å². The topological polar surface area (TPSA) is 0 Å². The third kappa shape index (κ3) is 4.64. The van der Waals surface area contributed by atoms with Crippen LogP contribution >= 0.6 is 7.26 Å². The third-order valence-corrected chi connectivity index (χ3v) is 9.09. The fourth-order valence-electron chi connectivity index (χ4n) is 3.43. The number of hydrogen-bond donors (Lipinski definition) is 0. The van der Waals surface area contributed by atoms with Crippen molar-refractivity contribution in [2.45, 2.75) is 19.8 Å². The van der Waals surface area contributed by atoms with Crippen molar-refractivity contribution in [2.75, 3.05) is 6.16 Å². The van der Waals surface area contributed by atoms with Crippen LogP contribution in [0.5, 0.6) is 0 Å². The molecule has 2 heteroatoms. The molecule has 3 aromatic carbocycles. The highest BCUT2D eigenvalue weighted by Gasteiger charge is 2.44.